The molecule has 0 radical (unpaired) electrons. The lowest BCUT2D eigenvalue weighted by Crippen LogP contribution is -2.13. The molecule has 4 heteroatoms. The van der Waals surface area contributed by atoms with Crippen molar-refractivity contribution in [3.05, 3.63) is 400 Å². The van der Waals surface area contributed by atoms with Crippen LogP contribution in [0.5, 0.6) is 0 Å². The molecule has 18 aromatic rings. The van der Waals surface area contributed by atoms with E-state index in [9.17, 15) is 0 Å². The van der Waals surface area contributed by atoms with Crippen molar-refractivity contribution in [1.82, 2.24) is 0 Å². The summed E-state index contributed by atoms with van der Waals surface area (Å²) < 4.78 is 0. The van der Waals surface area contributed by atoms with Crippen LogP contribution < -0.4 is 19.6 Å². The summed E-state index contributed by atoms with van der Waals surface area (Å²) in [5.41, 5.74) is 16.0. The summed E-state index contributed by atoms with van der Waals surface area (Å²) in [7, 11) is 0. The Bertz CT molecular complexity index is 5400. The van der Waals surface area contributed by atoms with E-state index in [1.807, 2.05) is 0 Å². The molecular weight excluding hydrogens is 1190 g/mol. The Morgan fingerprint density at radius 1 is 0.133 bits per heavy atom. The maximum Gasteiger partial charge on any atom is 0.0618 e. The van der Waals surface area contributed by atoms with Crippen molar-refractivity contribution in [3.63, 3.8) is 0 Å². The minimum atomic E-state index is 1.11. The van der Waals surface area contributed by atoms with Gasteiger partial charge in [0, 0.05) is 77.2 Å². The maximum atomic E-state index is 2.41. The van der Waals surface area contributed by atoms with Gasteiger partial charge in [-0.3, -0.25) is 0 Å². The van der Waals surface area contributed by atoms with Crippen LogP contribution in [0.15, 0.2) is 400 Å². The lowest BCUT2D eigenvalue weighted by Gasteiger charge is -2.30. The highest BCUT2D eigenvalue weighted by Gasteiger charge is 2.24. The fraction of sp³-hybridized carbons (Fsp3) is 0. The second-order valence-corrected chi connectivity index (χ2v) is 24.8. The van der Waals surface area contributed by atoms with Crippen molar-refractivity contribution in [2.45, 2.75) is 0 Å². The first kappa shape index (κ1) is 58.8. The second-order valence-electron chi connectivity index (χ2n) is 24.8. The van der Waals surface area contributed by atoms with Crippen LogP contribution in [0.3, 0.4) is 0 Å². The average Bonchev–Trinajstić information content (AvgIpc) is 0.766. The molecule has 0 heterocycles. The van der Waals surface area contributed by atoms with Gasteiger partial charge >= 0.3 is 0 Å². The van der Waals surface area contributed by atoms with E-state index in [4.69, 9.17) is 0 Å². The molecule has 0 saturated heterocycles. The van der Waals surface area contributed by atoms with Crippen LogP contribution in [-0.4, -0.2) is 0 Å². The summed E-state index contributed by atoms with van der Waals surface area (Å²) in [6.45, 7) is 0. The first-order chi connectivity index (χ1) is 48.7. The van der Waals surface area contributed by atoms with Gasteiger partial charge in [0.15, 0.2) is 0 Å². The van der Waals surface area contributed by atoms with Crippen molar-refractivity contribution in [2.75, 3.05) is 19.6 Å². The van der Waals surface area contributed by atoms with Crippen LogP contribution in [-0.2, 0) is 0 Å². The Kier molecular flexibility index (Phi) is 15.6. The summed E-state index contributed by atoms with van der Waals surface area (Å²) in [6.07, 6.45) is 0. The lowest BCUT2D eigenvalue weighted by molar-refractivity contribution is 1.30. The molecule has 0 aliphatic heterocycles. The maximum absolute atomic E-state index is 2.41. The summed E-state index contributed by atoms with van der Waals surface area (Å²) in [5.74, 6) is 0. The third-order valence-corrected chi connectivity index (χ3v) is 18.9. The molecule has 0 bridgehead atoms. The number of benzene rings is 18. The molecule has 0 fully saturated rings. The monoisotopic (exact) mass is 1250 g/mol. The summed E-state index contributed by atoms with van der Waals surface area (Å²) in [5, 5.41) is 17.0. The number of fused-ring (bicyclic) bond motifs is 7. The van der Waals surface area contributed by atoms with Crippen LogP contribution in [0, 0.1) is 0 Å². The van der Waals surface area contributed by atoms with Gasteiger partial charge in [-0.05, 0) is 153 Å². The molecule has 18 rings (SSSR count). The Morgan fingerprint density at radius 2 is 0.347 bits per heavy atom. The van der Waals surface area contributed by atoms with Gasteiger partial charge in [-0.2, -0.15) is 0 Å². The quantitative estimate of drug-likeness (QED) is 0.107. The normalized spacial score (nSPS) is 11.3. The second kappa shape index (κ2) is 26.1. The topological polar surface area (TPSA) is 13.0 Å². The lowest BCUT2D eigenvalue weighted by atomic mass is 9.98. The molecular formula is C94H66N4. The van der Waals surface area contributed by atoms with Crippen LogP contribution in [0.25, 0.3) is 86.5 Å². The Labute approximate surface area is 571 Å². The molecule has 0 aromatic heterocycles. The summed E-state index contributed by atoms with van der Waals surface area (Å²) in [4.78, 5) is 9.62. The molecule has 0 spiro atoms. The predicted octanol–water partition coefficient (Wildman–Crippen LogP) is 27.0. The third kappa shape index (κ3) is 11.0. The van der Waals surface area contributed by atoms with E-state index in [0.717, 1.165) is 56.9 Å². The van der Waals surface area contributed by atoms with Crippen LogP contribution in [0.1, 0.15) is 0 Å². The molecule has 0 amide bonds. The third-order valence-electron chi connectivity index (χ3n) is 18.9. The molecule has 0 saturated carbocycles. The Balaban J connectivity index is 0.000000150. The minimum Gasteiger partial charge on any atom is -0.309 e. The van der Waals surface area contributed by atoms with Gasteiger partial charge in [-0.25, -0.2) is 0 Å². The summed E-state index contributed by atoms with van der Waals surface area (Å²) in [6, 6.07) is 144. The zero-order valence-electron chi connectivity index (χ0n) is 53.9. The number of anilines is 12. The first-order valence-electron chi connectivity index (χ1n) is 33.6. The average molecular weight is 1250 g/mol. The zero-order chi connectivity index (χ0) is 65.1. The molecule has 18 aromatic carbocycles. The fourth-order valence-electron chi connectivity index (χ4n) is 14.5. The van der Waals surface area contributed by atoms with Crippen LogP contribution in [0.4, 0.5) is 68.2 Å². The number of nitrogens with zero attached hydrogens (tertiary/aromatic N) is 4. The SMILES string of the molecule is c1ccc(N(c2ccc(-c3ccc(N(c4ccccc4)c4c5ccccc5cc5ccccc45)cc3)cc2)c2c3ccccc3cc3ccccc23)cc1.c1ccc(N(c2cccc3ccccc23)c2cccc3c(N(c4ccccc4)c4cccc5ccccc45)cccc23)cc1. The van der Waals surface area contributed by atoms with E-state index in [1.54, 1.807) is 0 Å². The standard InChI is InChI=1S/C52H36N2.C42H30N2/c1-3-19-43(20-4-1)53(51-47-23-11-7-15-39(47)35-40-16-8-12-24-48(40)51)45-31-27-37(28-32-45)38-29-33-46(34-30-38)54(44-21-5-2-6-22-44)52-49-25-13-9-17-41(49)36-42-18-10-14-26-50(42)52;1-3-19-33(20-4-1)43(39-27-11-17-31-15-7-9-23-35(31)39)41-29-13-26-38-37(41)25-14-30-42(38)44(34-21-5-2-6-22-34)40-28-12-18-32-16-8-10-24-36(32)40/h1-36H;1-30H. The fourth-order valence-corrected chi connectivity index (χ4v) is 14.5. The molecule has 0 aliphatic rings. The van der Waals surface area contributed by atoms with Gasteiger partial charge in [0.25, 0.3) is 0 Å². The number of para-hydroxylation sites is 4. The van der Waals surface area contributed by atoms with Crippen molar-refractivity contribution in [3.8, 4) is 11.1 Å². The van der Waals surface area contributed by atoms with Gasteiger partial charge in [0.05, 0.1) is 34.1 Å². The van der Waals surface area contributed by atoms with Crippen molar-refractivity contribution < 1.29 is 0 Å². The highest BCUT2D eigenvalue weighted by molar-refractivity contribution is 6.16. The molecule has 462 valence electrons. The Hall–Kier alpha value is -13.0. The van der Waals surface area contributed by atoms with E-state index >= 15 is 0 Å². The zero-order valence-corrected chi connectivity index (χ0v) is 53.9. The van der Waals surface area contributed by atoms with Gasteiger partial charge in [-0.1, -0.05) is 291 Å². The van der Waals surface area contributed by atoms with E-state index in [1.165, 1.54) is 97.9 Å². The van der Waals surface area contributed by atoms with Crippen LogP contribution in [0.2, 0.25) is 0 Å². The smallest absolute Gasteiger partial charge is 0.0618 e. The molecule has 0 unspecified atom stereocenters. The molecule has 98 heavy (non-hydrogen) atoms. The molecule has 4 nitrogen and oxygen atoms in total. The number of rotatable bonds is 13. The van der Waals surface area contributed by atoms with Crippen molar-refractivity contribution >= 4 is 144 Å². The Morgan fingerprint density at radius 3 is 0.663 bits per heavy atom. The minimum absolute atomic E-state index is 1.11. The van der Waals surface area contributed by atoms with Crippen molar-refractivity contribution in [1.29, 1.82) is 0 Å². The molecule has 0 aliphatic carbocycles. The summed E-state index contributed by atoms with van der Waals surface area (Å²) >= 11 is 0. The number of hydrogen-bond donors (Lipinski definition) is 0. The largest absolute Gasteiger partial charge is 0.309 e. The van der Waals surface area contributed by atoms with E-state index < -0.39 is 0 Å². The van der Waals surface area contributed by atoms with Gasteiger partial charge in [0.2, 0.25) is 0 Å². The van der Waals surface area contributed by atoms with Gasteiger partial charge in [0.1, 0.15) is 0 Å². The van der Waals surface area contributed by atoms with E-state index in [2.05, 4.69) is 420 Å². The highest BCUT2D eigenvalue weighted by atomic mass is 15.2. The first-order valence-corrected chi connectivity index (χ1v) is 33.6. The molecule has 0 N–H and O–H groups in total. The highest BCUT2D eigenvalue weighted by Crippen LogP contribution is 2.49. The van der Waals surface area contributed by atoms with Gasteiger partial charge in [-0.15, -0.1) is 0 Å². The van der Waals surface area contributed by atoms with Crippen LogP contribution >= 0.6 is 0 Å². The van der Waals surface area contributed by atoms with E-state index in [0.29, 0.717) is 0 Å². The predicted molar refractivity (Wildman–Crippen MR) is 420 cm³/mol. The molecule has 0 atom stereocenters. The van der Waals surface area contributed by atoms with E-state index in [-0.39, 0.29) is 0 Å². The van der Waals surface area contributed by atoms with Crippen molar-refractivity contribution in [2.24, 2.45) is 0 Å². The van der Waals surface area contributed by atoms with Gasteiger partial charge < -0.3 is 19.6 Å². The number of hydrogen-bond acceptors (Lipinski definition) is 4.